The van der Waals surface area contributed by atoms with Gasteiger partial charge in [0.1, 0.15) is 0 Å². The van der Waals surface area contributed by atoms with Gasteiger partial charge in [-0.3, -0.25) is 9.78 Å². The molecule has 2 aromatic rings. The average molecular weight is 349 g/mol. The smallest absolute Gasteiger partial charge is 0.233 e. The van der Waals surface area contributed by atoms with Crippen molar-refractivity contribution in [3.63, 3.8) is 0 Å². The highest BCUT2D eigenvalue weighted by Crippen LogP contribution is 2.51. The van der Waals surface area contributed by atoms with E-state index in [2.05, 4.69) is 54.2 Å². The zero-order valence-electron chi connectivity index (χ0n) is 15.7. The fraction of sp³-hybridized carbons (Fsp3) is 0.455. The number of pyridine rings is 1. The van der Waals surface area contributed by atoms with Crippen LogP contribution in [-0.4, -0.2) is 41.3 Å². The van der Waals surface area contributed by atoms with Gasteiger partial charge in [-0.1, -0.05) is 36.4 Å². The third-order valence-electron chi connectivity index (χ3n) is 5.65. The Balaban J connectivity index is 1.58. The van der Waals surface area contributed by atoms with Crippen molar-refractivity contribution >= 4 is 5.91 Å². The van der Waals surface area contributed by atoms with E-state index in [9.17, 15) is 4.79 Å². The van der Waals surface area contributed by atoms with Gasteiger partial charge in [0.2, 0.25) is 5.91 Å². The fourth-order valence-electron chi connectivity index (χ4n) is 4.20. The summed E-state index contributed by atoms with van der Waals surface area (Å²) in [6.45, 7) is 1.67. The van der Waals surface area contributed by atoms with Crippen molar-refractivity contribution in [1.82, 2.24) is 14.8 Å². The zero-order valence-corrected chi connectivity index (χ0v) is 15.7. The van der Waals surface area contributed by atoms with Gasteiger partial charge in [0.05, 0.1) is 22.8 Å². The second-order valence-electron chi connectivity index (χ2n) is 7.90. The number of amides is 1. The molecule has 136 valence electrons. The lowest BCUT2D eigenvalue weighted by molar-refractivity contribution is -0.135. The van der Waals surface area contributed by atoms with Crippen LogP contribution < -0.4 is 0 Å². The highest BCUT2D eigenvalue weighted by Gasteiger charge is 2.54. The number of aromatic nitrogens is 1. The van der Waals surface area contributed by atoms with Gasteiger partial charge < -0.3 is 9.80 Å². The molecular weight excluding hydrogens is 322 g/mol. The largest absolute Gasteiger partial charge is 0.333 e. The minimum Gasteiger partial charge on any atom is -0.333 e. The normalized spacial score (nSPS) is 21.2. The molecule has 0 bridgehead atoms. The van der Waals surface area contributed by atoms with E-state index in [1.807, 2.05) is 18.2 Å². The first-order chi connectivity index (χ1) is 12.6. The summed E-state index contributed by atoms with van der Waals surface area (Å²) in [7, 11) is 4.10. The first-order valence-electron chi connectivity index (χ1n) is 9.57. The molecule has 1 unspecified atom stereocenters. The third kappa shape index (κ3) is 3.14. The molecule has 0 spiro atoms. The van der Waals surface area contributed by atoms with E-state index in [-0.39, 0.29) is 11.5 Å². The minimum absolute atomic E-state index is 0.116. The molecule has 1 aliphatic carbocycles. The average Bonchev–Trinajstić information content (AvgIpc) is 3.31. The van der Waals surface area contributed by atoms with Gasteiger partial charge in [0.15, 0.2) is 0 Å². The standard InChI is InChI=1S/C22H27N3O/c1-24(2)16-18-10-6-11-19(23-18)20-12-7-15-25(20)21(26)22(13-14-22)17-8-4-3-5-9-17/h3-6,8-11,20H,7,12-16H2,1-2H3. The first-order valence-corrected chi connectivity index (χ1v) is 9.57. The maximum Gasteiger partial charge on any atom is 0.233 e. The summed E-state index contributed by atoms with van der Waals surface area (Å²) in [5.74, 6) is 0.297. The predicted molar refractivity (Wildman–Crippen MR) is 103 cm³/mol. The number of hydrogen-bond acceptors (Lipinski definition) is 3. The van der Waals surface area contributed by atoms with Crippen molar-refractivity contribution in [1.29, 1.82) is 0 Å². The molecule has 0 N–H and O–H groups in total. The van der Waals surface area contributed by atoms with Crippen molar-refractivity contribution in [3.8, 4) is 0 Å². The van der Waals surface area contributed by atoms with E-state index in [0.29, 0.717) is 5.91 Å². The van der Waals surface area contributed by atoms with Crippen molar-refractivity contribution < 1.29 is 4.79 Å². The van der Waals surface area contributed by atoms with E-state index in [1.165, 1.54) is 5.56 Å². The molecule has 2 aliphatic rings. The van der Waals surface area contributed by atoms with Crippen LogP contribution in [0.3, 0.4) is 0 Å². The first kappa shape index (κ1) is 17.2. The molecule has 26 heavy (non-hydrogen) atoms. The Labute approximate surface area is 155 Å². The topological polar surface area (TPSA) is 36.4 Å². The van der Waals surface area contributed by atoms with Crippen LogP contribution in [-0.2, 0) is 16.8 Å². The van der Waals surface area contributed by atoms with Gasteiger partial charge in [-0.05, 0) is 57.5 Å². The van der Waals surface area contributed by atoms with Crippen LogP contribution in [0.25, 0.3) is 0 Å². The second-order valence-corrected chi connectivity index (χ2v) is 7.90. The summed E-state index contributed by atoms with van der Waals surface area (Å²) < 4.78 is 0. The maximum atomic E-state index is 13.5. The quantitative estimate of drug-likeness (QED) is 0.828. The van der Waals surface area contributed by atoms with Crippen LogP contribution in [0.2, 0.25) is 0 Å². The lowest BCUT2D eigenvalue weighted by Crippen LogP contribution is -2.39. The monoisotopic (exact) mass is 349 g/mol. The summed E-state index contributed by atoms with van der Waals surface area (Å²) in [6.07, 6.45) is 4.00. The zero-order chi connectivity index (χ0) is 18.1. The summed E-state index contributed by atoms with van der Waals surface area (Å²) in [4.78, 5) is 22.6. The Morgan fingerprint density at radius 2 is 1.92 bits per heavy atom. The number of nitrogens with zero attached hydrogens (tertiary/aromatic N) is 3. The van der Waals surface area contributed by atoms with Crippen LogP contribution in [0.4, 0.5) is 0 Å². The SMILES string of the molecule is CN(C)Cc1cccc(C2CCCN2C(=O)C2(c3ccccc3)CC2)n1. The Morgan fingerprint density at radius 3 is 2.62 bits per heavy atom. The van der Waals surface area contributed by atoms with E-state index < -0.39 is 0 Å². The number of likely N-dealkylation sites (tertiary alicyclic amines) is 1. The molecule has 1 atom stereocenters. The van der Waals surface area contributed by atoms with E-state index >= 15 is 0 Å². The van der Waals surface area contributed by atoms with Gasteiger partial charge in [0.25, 0.3) is 0 Å². The van der Waals surface area contributed by atoms with E-state index in [0.717, 1.165) is 50.2 Å². The summed E-state index contributed by atoms with van der Waals surface area (Å²) >= 11 is 0. The summed E-state index contributed by atoms with van der Waals surface area (Å²) in [5, 5.41) is 0. The molecular formula is C22H27N3O. The summed E-state index contributed by atoms with van der Waals surface area (Å²) in [5.41, 5.74) is 2.99. The van der Waals surface area contributed by atoms with Crippen LogP contribution >= 0.6 is 0 Å². The molecule has 1 aromatic carbocycles. The van der Waals surface area contributed by atoms with Crippen LogP contribution in [0.1, 0.15) is 48.7 Å². The van der Waals surface area contributed by atoms with Gasteiger partial charge in [0, 0.05) is 13.1 Å². The van der Waals surface area contributed by atoms with E-state index in [4.69, 9.17) is 4.98 Å². The molecule has 1 saturated heterocycles. The van der Waals surface area contributed by atoms with Gasteiger partial charge in [-0.15, -0.1) is 0 Å². The molecule has 4 heteroatoms. The number of rotatable bonds is 5. The van der Waals surface area contributed by atoms with Gasteiger partial charge in [-0.2, -0.15) is 0 Å². The number of carbonyl (C=O) groups excluding carboxylic acids is 1. The third-order valence-corrected chi connectivity index (χ3v) is 5.65. The Morgan fingerprint density at radius 1 is 1.15 bits per heavy atom. The molecule has 1 saturated carbocycles. The molecule has 2 heterocycles. The highest BCUT2D eigenvalue weighted by molar-refractivity contribution is 5.91. The molecule has 0 radical (unpaired) electrons. The lowest BCUT2D eigenvalue weighted by atomic mass is 9.94. The molecule has 1 aromatic heterocycles. The fourth-order valence-corrected chi connectivity index (χ4v) is 4.20. The molecule has 4 nitrogen and oxygen atoms in total. The molecule has 1 aliphatic heterocycles. The summed E-state index contributed by atoms with van der Waals surface area (Å²) in [6, 6.07) is 16.6. The Hall–Kier alpha value is -2.20. The Bertz CT molecular complexity index is 783. The van der Waals surface area contributed by atoms with Gasteiger partial charge >= 0.3 is 0 Å². The second kappa shape index (κ2) is 6.84. The van der Waals surface area contributed by atoms with Crippen molar-refractivity contribution in [2.75, 3.05) is 20.6 Å². The van der Waals surface area contributed by atoms with Crippen molar-refractivity contribution in [3.05, 3.63) is 65.5 Å². The number of carbonyl (C=O) groups is 1. The van der Waals surface area contributed by atoms with Crippen molar-refractivity contribution in [2.45, 2.75) is 43.7 Å². The highest BCUT2D eigenvalue weighted by atomic mass is 16.2. The maximum absolute atomic E-state index is 13.5. The number of benzene rings is 1. The van der Waals surface area contributed by atoms with E-state index in [1.54, 1.807) is 0 Å². The lowest BCUT2D eigenvalue weighted by Gasteiger charge is -2.29. The van der Waals surface area contributed by atoms with Crippen LogP contribution in [0.15, 0.2) is 48.5 Å². The number of hydrogen-bond donors (Lipinski definition) is 0. The van der Waals surface area contributed by atoms with Crippen molar-refractivity contribution in [2.24, 2.45) is 0 Å². The Kier molecular flexibility index (Phi) is 4.53. The minimum atomic E-state index is -0.287. The van der Waals surface area contributed by atoms with Gasteiger partial charge in [-0.25, -0.2) is 0 Å². The molecule has 1 amide bonds. The predicted octanol–water partition coefficient (Wildman–Crippen LogP) is 3.54. The van der Waals surface area contributed by atoms with Crippen LogP contribution in [0.5, 0.6) is 0 Å². The van der Waals surface area contributed by atoms with Crippen LogP contribution in [0, 0.1) is 0 Å². The molecule has 2 fully saturated rings. The molecule has 4 rings (SSSR count).